The number of hydrogen-bond donors (Lipinski definition) is 2. The smallest absolute Gasteiger partial charge is 0.0521 e. The molecule has 0 saturated carbocycles. The Labute approximate surface area is 124 Å². The molecular formula is C13H24N4S2. The number of hydrogen-bond acceptors (Lipinski definition) is 5. The summed E-state index contributed by atoms with van der Waals surface area (Å²) in [5.74, 6) is 6.95. The first-order valence-electron chi connectivity index (χ1n) is 6.81. The molecule has 0 aliphatic carbocycles. The molecule has 2 rings (SSSR count). The Kier molecular flexibility index (Phi) is 5.62. The molecule has 1 saturated heterocycles. The van der Waals surface area contributed by atoms with Gasteiger partial charge < -0.3 is 0 Å². The van der Waals surface area contributed by atoms with Crippen LogP contribution in [-0.4, -0.2) is 37.3 Å². The quantitative estimate of drug-likeness (QED) is 0.641. The molecule has 0 amide bonds. The van der Waals surface area contributed by atoms with Crippen molar-refractivity contribution in [3.05, 3.63) is 18.0 Å². The molecule has 4 nitrogen and oxygen atoms in total. The number of aromatic nitrogens is 2. The summed E-state index contributed by atoms with van der Waals surface area (Å²) < 4.78 is 1.86. The van der Waals surface area contributed by atoms with Crippen LogP contribution in [0, 0.1) is 0 Å². The molecule has 1 aliphatic heterocycles. The van der Waals surface area contributed by atoms with Crippen LogP contribution in [0.15, 0.2) is 12.4 Å². The molecule has 3 N–H and O–H groups in total. The summed E-state index contributed by atoms with van der Waals surface area (Å²) >= 11 is 4.15. The van der Waals surface area contributed by atoms with E-state index in [0.29, 0.717) is 16.5 Å². The molecule has 1 aromatic heterocycles. The van der Waals surface area contributed by atoms with Crippen LogP contribution in [0.3, 0.4) is 0 Å². The third-order valence-electron chi connectivity index (χ3n) is 3.74. The molecule has 1 aliphatic rings. The van der Waals surface area contributed by atoms with Crippen molar-refractivity contribution in [1.82, 2.24) is 15.2 Å². The van der Waals surface area contributed by atoms with E-state index in [-0.39, 0.29) is 0 Å². The van der Waals surface area contributed by atoms with Gasteiger partial charge in [-0.15, -0.1) is 0 Å². The van der Waals surface area contributed by atoms with E-state index in [2.05, 4.69) is 54.1 Å². The van der Waals surface area contributed by atoms with Gasteiger partial charge in [-0.1, -0.05) is 13.8 Å². The highest BCUT2D eigenvalue weighted by molar-refractivity contribution is 8.07. The van der Waals surface area contributed by atoms with Crippen molar-refractivity contribution < 1.29 is 0 Å². The topological polar surface area (TPSA) is 55.9 Å². The molecule has 0 spiro atoms. The minimum absolute atomic E-state index is 0.382. The molecule has 0 bridgehead atoms. The SMILES string of the molecule is CC1SCC(C(CCc2cnn(C)c2)NN)SC1C. The molecule has 6 heteroatoms. The number of nitrogens with one attached hydrogen (secondary N) is 1. The molecule has 1 fully saturated rings. The zero-order valence-electron chi connectivity index (χ0n) is 11.9. The van der Waals surface area contributed by atoms with Crippen molar-refractivity contribution in [2.45, 2.75) is 48.5 Å². The highest BCUT2D eigenvalue weighted by Gasteiger charge is 2.30. The van der Waals surface area contributed by atoms with Crippen molar-refractivity contribution in [3.8, 4) is 0 Å². The Hall–Kier alpha value is -0.170. The van der Waals surface area contributed by atoms with Gasteiger partial charge in [-0.2, -0.15) is 28.6 Å². The molecule has 4 atom stereocenters. The number of nitrogens with two attached hydrogens (primary N) is 1. The van der Waals surface area contributed by atoms with E-state index in [9.17, 15) is 0 Å². The van der Waals surface area contributed by atoms with Crippen molar-refractivity contribution >= 4 is 23.5 Å². The lowest BCUT2D eigenvalue weighted by Crippen LogP contribution is -2.46. The minimum Gasteiger partial charge on any atom is -0.276 e. The summed E-state index contributed by atoms with van der Waals surface area (Å²) in [6.45, 7) is 4.64. The van der Waals surface area contributed by atoms with Crippen LogP contribution in [0.4, 0.5) is 0 Å². The Morgan fingerprint density at radius 3 is 2.89 bits per heavy atom. The number of aryl methyl sites for hydroxylation is 2. The monoisotopic (exact) mass is 300 g/mol. The van der Waals surface area contributed by atoms with E-state index < -0.39 is 0 Å². The van der Waals surface area contributed by atoms with Gasteiger partial charge in [0.1, 0.15) is 0 Å². The van der Waals surface area contributed by atoms with Gasteiger partial charge in [0, 0.05) is 40.8 Å². The standard InChI is InChI=1S/C13H24N4S2/c1-9-10(2)19-13(8-18-9)12(16-14)5-4-11-6-15-17(3)7-11/h6-7,9-10,12-13,16H,4-5,8,14H2,1-3H3. The maximum absolute atomic E-state index is 5.76. The molecular weight excluding hydrogens is 276 g/mol. The molecule has 0 aromatic carbocycles. The second-order valence-corrected chi connectivity index (χ2v) is 8.28. The molecule has 1 aromatic rings. The van der Waals surface area contributed by atoms with Crippen LogP contribution >= 0.6 is 23.5 Å². The molecule has 19 heavy (non-hydrogen) atoms. The van der Waals surface area contributed by atoms with Crippen LogP contribution < -0.4 is 11.3 Å². The van der Waals surface area contributed by atoms with Crippen LogP contribution in [0.2, 0.25) is 0 Å². The number of rotatable bonds is 5. The van der Waals surface area contributed by atoms with E-state index in [1.807, 2.05) is 17.9 Å². The number of hydrazine groups is 1. The Balaban J connectivity index is 1.86. The first-order chi connectivity index (χ1) is 9.10. The summed E-state index contributed by atoms with van der Waals surface area (Å²) in [5.41, 5.74) is 4.31. The lowest BCUT2D eigenvalue weighted by atomic mass is 10.1. The third-order valence-corrected chi connectivity index (χ3v) is 7.29. The van der Waals surface area contributed by atoms with E-state index in [1.165, 1.54) is 11.3 Å². The fourth-order valence-electron chi connectivity index (χ4n) is 2.32. The van der Waals surface area contributed by atoms with Crippen molar-refractivity contribution in [2.75, 3.05) is 5.75 Å². The maximum atomic E-state index is 5.76. The summed E-state index contributed by atoms with van der Waals surface area (Å²) in [6.07, 6.45) is 6.14. The van der Waals surface area contributed by atoms with Gasteiger partial charge in [0.25, 0.3) is 0 Å². The zero-order valence-corrected chi connectivity index (χ0v) is 13.5. The number of nitrogens with zero attached hydrogens (tertiary/aromatic N) is 2. The molecule has 2 heterocycles. The van der Waals surface area contributed by atoms with Gasteiger partial charge in [-0.25, -0.2) is 0 Å². The first kappa shape index (κ1) is 15.2. The second-order valence-electron chi connectivity index (χ2n) is 5.25. The third kappa shape index (κ3) is 4.15. The molecule has 0 radical (unpaired) electrons. The predicted octanol–water partition coefficient (Wildman–Crippen LogP) is 1.81. The predicted molar refractivity (Wildman–Crippen MR) is 85.4 cm³/mol. The van der Waals surface area contributed by atoms with Crippen molar-refractivity contribution in [3.63, 3.8) is 0 Å². The average molecular weight is 300 g/mol. The summed E-state index contributed by atoms with van der Waals surface area (Å²) in [7, 11) is 1.96. The maximum Gasteiger partial charge on any atom is 0.0521 e. The lowest BCUT2D eigenvalue weighted by Gasteiger charge is -2.35. The van der Waals surface area contributed by atoms with E-state index >= 15 is 0 Å². The van der Waals surface area contributed by atoms with Crippen LogP contribution in [0.25, 0.3) is 0 Å². The lowest BCUT2D eigenvalue weighted by molar-refractivity contribution is 0.490. The van der Waals surface area contributed by atoms with E-state index in [4.69, 9.17) is 5.84 Å². The largest absolute Gasteiger partial charge is 0.276 e. The summed E-state index contributed by atoms with van der Waals surface area (Å²) in [4.78, 5) is 0. The fourth-order valence-corrected chi connectivity index (χ4v) is 5.47. The highest BCUT2D eigenvalue weighted by atomic mass is 32.2. The molecule has 108 valence electrons. The summed E-state index contributed by atoms with van der Waals surface area (Å²) in [6, 6.07) is 0.382. The van der Waals surface area contributed by atoms with Crippen molar-refractivity contribution in [1.29, 1.82) is 0 Å². The van der Waals surface area contributed by atoms with Gasteiger partial charge in [-0.05, 0) is 18.4 Å². The van der Waals surface area contributed by atoms with Gasteiger partial charge >= 0.3 is 0 Å². The van der Waals surface area contributed by atoms with E-state index in [1.54, 1.807) is 0 Å². The van der Waals surface area contributed by atoms with Crippen LogP contribution in [0.1, 0.15) is 25.8 Å². The zero-order chi connectivity index (χ0) is 13.8. The number of thioether (sulfide) groups is 2. The van der Waals surface area contributed by atoms with Gasteiger partial charge in [0.15, 0.2) is 0 Å². The Morgan fingerprint density at radius 2 is 2.32 bits per heavy atom. The second kappa shape index (κ2) is 7.02. The van der Waals surface area contributed by atoms with Crippen LogP contribution in [-0.2, 0) is 13.5 Å². The molecule has 4 unspecified atom stereocenters. The van der Waals surface area contributed by atoms with Gasteiger partial charge in [0.2, 0.25) is 0 Å². The Bertz CT molecular complexity index is 396. The van der Waals surface area contributed by atoms with E-state index in [0.717, 1.165) is 18.1 Å². The van der Waals surface area contributed by atoms with Crippen LogP contribution in [0.5, 0.6) is 0 Å². The average Bonchev–Trinajstić information content (AvgIpc) is 2.80. The van der Waals surface area contributed by atoms with Gasteiger partial charge in [0.05, 0.1) is 6.20 Å². The minimum atomic E-state index is 0.382. The fraction of sp³-hybridized carbons (Fsp3) is 0.769. The highest BCUT2D eigenvalue weighted by Crippen LogP contribution is 2.37. The first-order valence-corrected chi connectivity index (χ1v) is 8.80. The van der Waals surface area contributed by atoms with Gasteiger partial charge in [-0.3, -0.25) is 16.0 Å². The summed E-state index contributed by atoms with van der Waals surface area (Å²) in [5, 5.41) is 6.27. The normalized spacial score (nSPS) is 29.4. The Morgan fingerprint density at radius 1 is 1.53 bits per heavy atom. The van der Waals surface area contributed by atoms with Crippen molar-refractivity contribution in [2.24, 2.45) is 12.9 Å².